The number of benzene rings is 1. The van der Waals surface area contributed by atoms with Crippen molar-refractivity contribution in [1.29, 1.82) is 0 Å². The molecule has 2 atom stereocenters. The summed E-state index contributed by atoms with van der Waals surface area (Å²) in [5, 5.41) is 13.2. The molecule has 2 N–H and O–H groups in total. The Morgan fingerprint density at radius 3 is 2.69 bits per heavy atom. The van der Waals surface area contributed by atoms with E-state index in [0.29, 0.717) is 12.6 Å². The van der Waals surface area contributed by atoms with Gasteiger partial charge in [-0.3, -0.25) is 9.89 Å². The van der Waals surface area contributed by atoms with E-state index in [1.807, 2.05) is 0 Å². The first kappa shape index (κ1) is 21.4. The Morgan fingerprint density at radius 1 is 1.27 bits per heavy atom. The van der Waals surface area contributed by atoms with Gasteiger partial charge in [-0.15, -0.1) is 24.0 Å². The zero-order chi connectivity index (χ0) is 17.6. The molecule has 146 valence electrons. The second-order valence-electron chi connectivity index (χ2n) is 7.13. The average Bonchev–Trinajstić information content (AvgIpc) is 3.07. The van der Waals surface area contributed by atoms with Crippen LogP contribution in [0.1, 0.15) is 37.8 Å². The van der Waals surface area contributed by atoms with Gasteiger partial charge in [0.05, 0.1) is 12.6 Å². The number of aliphatic imine (C=N–C) groups is 1. The summed E-state index contributed by atoms with van der Waals surface area (Å²) in [6.45, 7) is 9.76. The second-order valence-corrected chi connectivity index (χ2v) is 7.13. The second kappa shape index (κ2) is 10.5. The molecule has 1 fully saturated rings. The van der Waals surface area contributed by atoms with Crippen LogP contribution in [0, 0.1) is 0 Å². The lowest BCUT2D eigenvalue weighted by molar-refractivity contribution is 0.177. The highest BCUT2D eigenvalue weighted by atomic mass is 127. The van der Waals surface area contributed by atoms with Crippen molar-refractivity contribution < 1.29 is 5.11 Å². The molecule has 0 aliphatic carbocycles. The van der Waals surface area contributed by atoms with E-state index < -0.39 is 0 Å². The van der Waals surface area contributed by atoms with Crippen molar-refractivity contribution in [2.24, 2.45) is 4.99 Å². The van der Waals surface area contributed by atoms with Gasteiger partial charge in [0.25, 0.3) is 0 Å². The number of β-amino-alcohol motifs (C(OH)–C–C–N with tert-alkyl or cyclic N) is 1. The molecule has 0 saturated carbocycles. The van der Waals surface area contributed by atoms with Crippen LogP contribution in [-0.2, 0) is 13.0 Å². The number of fused-ring (bicyclic) bond motifs is 1. The Bertz CT molecular complexity index is 595. The summed E-state index contributed by atoms with van der Waals surface area (Å²) < 4.78 is 0. The van der Waals surface area contributed by atoms with E-state index >= 15 is 0 Å². The van der Waals surface area contributed by atoms with Gasteiger partial charge in [-0.25, -0.2) is 0 Å². The molecule has 0 amide bonds. The number of guanidine groups is 1. The van der Waals surface area contributed by atoms with E-state index in [1.54, 1.807) is 0 Å². The minimum atomic E-state index is -0.218. The van der Waals surface area contributed by atoms with Gasteiger partial charge < -0.3 is 15.3 Å². The molecule has 0 aromatic heterocycles. The van der Waals surface area contributed by atoms with Crippen LogP contribution in [0.4, 0.5) is 0 Å². The number of rotatable bonds is 5. The predicted molar refractivity (Wildman–Crippen MR) is 118 cm³/mol. The third-order valence-electron chi connectivity index (χ3n) is 5.40. The van der Waals surface area contributed by atoms with Crippen LogP contribution in [0.25, 0.3) is 0 Å². The Kier molecular flexibility index (Phi) is 8.63. The van der Waals surface area contributed by atoms with Crippen molar-refractivity contribution in [2.45, 2.75) is 51.8 Å². The molecule has 5 nitrogen and oxygen atoms in total. The largest absolute Gasteiger partial charge is 0.391 e. The highest BCUT2D eigenvalue weighted by molar-refractivity contribution is 14.0. The van der Waals surface area contributed by atoms with Gasteiger partial charge in [0.2, 0.25) is 0 Å². The van der Waals surface area contributed by atoms with Gasteiger partial charge in [0.15, 0.2) is 5.96 Å². The first-order valence-corrected chi connectivity index (χ1v) is 9.73. The molecule has 0 radical (unpaired) electrons. The highest BCUT2D eigenvalue weighted by Gasteiger charge is 2.25. The summed E-state index contributed by atoms with van der Waals surface area (Å²) >= 11 is 0. The van der Waals surface area contributed by atoms with Crippen LogP contribution >= 0.6 is 24.0 Å². The van der Waals surface area contributed by atoms with Crippen LogP contribution in [0.5, 0.6) is 0 Å². The van der Waals surface area contributed by atoms with Crippen LogP contribution in [0.2, 0.25) is 0 Å². The molecular weight excluding hydrogens is 439 g/mol. The number of aliphatic hydroxyl groups is 1. The smallest absolute Gasteiger partial charge is 0.194 e. The van der Waals surface area contributed by atoms with E-state index in [0.717, 1.165) is 57.9 Å². The lowest BCUT2D eigenvalue weighted by atomic mass is 9.98. The first-order valence-electron chi connectivity index (χ1n) is 9.73. The number of halogens is 1. The van der Waals surface area contributed by atoms with Crippen LogP contribution in [-0.4, -0.2) is 65.7 Å². The summed E-state index contributed by atoms with van der Waals surface area (Å²) in [6, 6.07) is 9.27. The number of likely N-dealkylation sites (tertiary alicyclic amines) is 1. The summed E-state index contributed by atoms with van der Waals surface area (Å²) in [5.74, 6) is 0.954. The Balaban J connectivity index is 0.00000243. The van der Waals surface area contributed by atoms with Crippen molar-refractivity contribution in [1.82, 2.24) is 15.1 Å². The maximum atomic E-state index is 9.80. The Labute approximate surface area is 174 Å². The number of nitrogens with one attached hydrogen (secondary N) is 1. The van der Waals surface area contributed by atoms with E-state index in [2.05, 4.69) is 53.2 Å². The molecular formula is C20H33IN4O. The topological polar surface area (TPSA) is 51.1 Å². The molecule has 2 aliphatic rings. The van der Waals surface area contributed by atoms with Crippen molar-refractivity contribution in [2.75, 3.05) is 32.7 Å². The van der Waals surface area contributed by atoms with E-state index in [4.69, 9.17) is 4.99 Å². The first-order chi connectivity index (χ1) is 12.2. The van der Waals surface area contributed by atoms with Crippen LogP contribution in [0.15, 0.2) is 29.3 Å². The van der Waals surface area contributed by atoms with Gasteiger partial charge in [-0.1, -0.05) is 31.2 Å². The molecule has 26 heavy (non-hydrogen) atoms. The monoisotopic (exact) mass is 472 g/mol. The van der Waals surface area contributed by atoms with E-state index in [-0.39, 0.29) is 30.1 Å². The Morgan fingerprint density at radius 2 is 2.04 bits per heavy atom. The maximum Gasteiger partial charge on any atom is 0.194 e. The number of nitrogens with zero attached hydrogens (tertiary/aromatic N) is 3. The van der Waals surface area contributed by atoms with Crippen LogP contribution < -0.4 is 5.32 Å². The molecule has 0 spiro atoms. The minimum absolute atomic E-state index is 0. The predicted octanol–water partition coefficient (Wildman–Crippen LogP) is 2.47. The number of aliphatic hydroxyl groups excluding tert-OH is 1. The maximum absolute atomic E-state index is 9.80. The summed E-state index contributed by atoms with van der Waals surface area (Å²) in [5.41, 5.74) is 2.96. The molecule has 2 aliphatic heterocycles. The fourth-order valence-corrected chi connectivity index (χ4v) is 3.88. The average molecular weight is 472 g/mol. The van der Waals surface area contributed by atoms with Gasteiger partial charge in [0.1, 0.15) is 0 Å². The molecule has 1 saturated heterocycles. The molecule has 1 unspecified atom stereocenters. The van der Waals surface area contributed by atoms with E-state index in [1.165, 1.54) is 11.1 Å². The third-order valence-corrected chi connectivity index (χ3v) is 5.40. The molecule has 2 heterocycles. The minimum Gasteiger partial charge on any atom is -0.391 e. The fourth-order valence-electron chi connectivity index (χ4n) is 3.88. The highest BCUT2D eigenvalue weighted by Crippen LogP contribution is 2.21. The Hall–Kier alpha value is -0.860. The lowest BCUT2D eigenvalue weighted by Gasteiger charge is -2.34. The quantitative estimate of drug-likeness (QED) is 0.393. The van der Waals surface area contributed by atoms with Crippen molar-refractivity contribution >= 4 is 29.9 Å². The number of hydrogen-bond acceptors (Lipinski definition) is 3. The molecule has 1 aromatic carbocycles. The summed E-state index contributed by atoms with van der Waals surface area (Å²) in [4.78, 5) is 9.68. The zero-order valence-corrected chi connectivity index (χ0v) is 18.4. The lowest BCUT2D eigenvalue weighted by Crippen LogP contribution is -2.43. The van der Waals surface area contributed by atoms with Crippen LogP contribution in [0.3, 0.4) is 0 Å². The van der Waals surface area contributed by atoms with E-state index in [9.17, 15) is 5.11 Å². The van der Waals surface area contributed by atoms with Crippen molar-refractivity contribution in [3.8, 4) is 0 Å². The summed E-state index contributed by atoms with van der Waals surface area (Å²) in [7, 11) is 0. The molecule has 1 aromatic rings. The third kappa shape index (κ3) is 5.33. The van der Waals surface area contributed by atoms with Gasteiger partial charge in [-0.2, -0.15) is 0 Å². The zero-order valence-electron chi connectivity index (χ0n) is 16.0. The van der Waals surface area contributed by atoms with Gasteiger partial charge >= 0.3 is 0 Å². The van der Waals surface area contributed by atoms with Gasteiger partial charge in [-0.05, 0) is 37.3 Å². The van der Waals surface area contributed by atoms with Crippen molar-refractivity contribution in [3.63, 3.8) is 0 Å². The standard InChI is InChI=1S/C20H32N4O.HI/c1-3-18(23-11-9-16-7-5-6-8-17(16)14-23)13-22-20(21-4-2)24-12-10-19(25)15-24;/h5-8,18-19,25H,3-4,9-15H2,1-2H3,(H,21,22);1H/t18?,19-;/m1./s1. The fraction of sp³-hybridized carbons (Fsp3) is 0.650. The van der Waals surface area contributed by atoms with Crippen molar-refractivity contribution in [3.05, 3.63) is 35.4 Å². The normalized spacial score (nSPS) is 21.9. The molecule has 0 bridgehead atoms. The number of hydrogen-bond donors (Lipinski definition) is 2. The molecule has 6 heteroatoms. The van der Waals surface area contributed by atoms with Gasteiger partial charge in [0, 0.05) is 38.8 Å². The SMILES string of the molecule is CCNC(=NCC(CC)N1CCc2ccccc2C1)N1CC[C@@H](O)C1.I. The molecule has 3 rings (SSSR count). The summed E-state index contributed by atoms with van der Waals surface area (Å²) in [6.07, 6.45) is 2.86.